The molecule has 0 aliphatic rings. The molecule has 0 saturated heterocycles. The number of aromatic amines is 1. The summed E-state index contributed by atoms with van der Waals surface area (Å²) in [6, 6.07) is 7.75. The first-order valence-electron chi connectivity index (χ1n) is 6.67. The minimum absolute atomic E-state index is 0.0171. The lowest BCUT2D eigenvalue weighted by atomic mass is 10.0. The minimum atomic E-state index is 0.0171. The van der Waals surface area contributed by atoms with E-state index in [1.54, 1.807) is 0 Å². The quantitative estimate of drug-likeness (QED) is 0.642. The van der Waals surface area contributed by atoms with Gasteiger partial charge in [-0.15, -0.1) is 0 Å². The highest BCUT2D eigenvalue weighted by atomic mass is 16.1. The lowest BCUT2D eigenvalue weighted by Gasteiger charge is -2.08. The molecule has 0 aliphatic heterocycles. The van der Waals surface area contributed by atoms with E-state index >= 15 is 0 Å². The summed E-state index contributed by atoms with van der Waals surface area (Å²) in [6.45, 7) is 1.08. The number of nitrogens with two attached hydrogens (primary N) is 1. The monoisotopic (exact) mass is 273 g/mol. The summed E-state index contributed by atoms with van der Waals surface area (Å²) in [5, 5.41) is 9.47. The maximum atomic E-state index is 11.9. The van der Waals surface area contributed by atoms with E-state index in [9.17, 15) is 4.79 Å². The second kappa shape index (κ2) is 7.40. The number of aryl methyl sites for hydroxylation is 1. The van der Waals surface area contributed by atoms with Gasteiger partial charge in [0.1, 0.15) is 12.2 Å². The molecule has 20 heavy (non-hydrogen) atoms. The molecule has 1 aromatic heterocycles. The van der Waals surface area contributed by atoms with Gasteiger partial charge in [0.15, 0.2) is 0 Å². The van der Waals surface area contributed by atoms with E-state index in [0.29, 0.717) is 19.5 Å². The van der Waals surface area contributed by atoms with E-state index in [1.807, 2.05) is 24.3 Å². The third kappa shape index (κ3) is 4.17. The molecule has 6 nitrogen and oxygen atoms in total. The summed E-state index contributed by atoms with van der Waals surface area (Å²) >= 11 is 0. The van der Waals surface area contributed by atoms with Crippen LogP contribution in [0.3, 0.4) is 0 Å². The van der Waals surface area contributed by atoms with E-state index in [2.05, 4.69) is 20.5 Å². The van der Waals surface area contributed by atoms with E-state index in [1.165, 1.54) is 6.33 Å². The first-order valence-corrected chi connectivity index (χ1v) is 6.67. The van der Waals surface area contributed by atoms with Gasteiger partial charge in [-0.3, -0.25) is 9.89 Å². The topological polar surface area (TPSA) is 96.7 Å². The van der Waals surface area contributed by atoms with Crippen molar-refractivity contribution in [3.05, 3.63) is 47.5 Å². The Labute approximate surface area is 117 Å². The smallest absolute Gasteiger partial charge is 0.224 e. The van der Waals surface area contributed by atoms with Crippen LogP contribution in [0.5, 0.6) is 0 Å². The van der Waals surface area contributed by atoms with Gasteiger partial charge in [-0.2, -0.15) is 5.10 Å². The number of carbonyl (C=O) groups excluding carboxylic acids is 1. The highest BCUT2D eigenvalue weighted by molar-refractivity contribution is 5.78. The van der Waals surface area contributed by atoms with Crippen LogP contribution < -0.4 is 11.1 Å². The van der Waals surface area contributed by atoms with Gasteiger partial charge in [-0.05, 0) is 17.5 Å². The fraction of sp³-hybridized carbons (Fsp3) is 0.357. The standard InChI is InChI=1S/C14H19N5O/c15-9-12-5-2-1-4-11(12)8-14(20)16-7-3-6-13-17-10-18-19-13/h1-2,4-5,10H,3,6-9,15H2,(H,16,20)(H,17,18,19). The first kappa shape index (κ1) is 14.2. The van der Waals surface area contributed by atoms with Crippen molar-refractivity contribution in [1.82, 2.24) is 20.5 Å². The van der Waals surface area contributed by atoms with E-state index in [-0.39, 0.29) is 5.91 Å². The minimum Gasteiger partial charge on any atom is -0.356 e. The number of hydrogen-bond acceptors (Lipinski definition) is 4. The Hall–Kier alpha value is -2.21. The van der Waals surface area contributed by atoms with Crippen LogP contribution in [-0.4, -0.2) is 27.6 Å². The van der Waals surface area contributed by atoms with Crippen LogP contribution in [0.25, 0.3) is 0 Å². The Morgan fingerprint density at radius 2 is 2.10 bits per heavy atom. The number of hydrogen-bond donors (Lipinski definition) is 3. The van der Waals surface area contributed by atoms with Gasteiger partial charge in [0.2, 0.25) is 5.91 Å². The molecule has 0 spiro atoms. The molecule has 4 N–H and O–H groups in total. The predicted molar refractivity (Wildman–Crippen MR) is 75.8 cm³/mol. The largest absolute Gasteiger partial charge is 0.356 e. The molecule has 0 saturated carbocycles. The summed E-state index contributed by atoms with van der Waals surface area (Å²) < 4.78 is 0. The number of nitrogens with zero attached hydrogens (tertiary/aromatic N) is 2. The number of nitrogens with one attached hydrogen (secondary N) is 2. The van der Waals surface area contributed by atoms with Crippen molar-refractivity contribution in [2.24, 2.45) is 5.73 Å². The normalized spacial score (nSPS) is 10.4. The summed E-state index contributed by atoms with van der Waals surface area (Å²) in [5.41, 5.74) is 7.66. The molecule has 1 heterocycles. The van der Waals surface area contributed by atoms with E-state index in [0.717, 1.165) is 29.8 Å². The number of benzene rings is 1. The third-order valence-electron chi connectivity index (χ3n) is 3.07. The van der Waals surface area contributed by atoms with Crippen LogP contribution in [-0.2, 0) is 24.2 Å². The van der Waals surface area contributed by atoms with Crippen molar-refractivity contribution in [2.75, 3.05) is 6.54 Å². The van der Waals surface area contributed by atoms with Gasteiger partial charge in [0.25, 0.3) is 0 Å². The van der Waals surface area contributed by atoms with Gasteiger partial charge in [0.05, 0.1) is 6.42 Å². The predicted octanol–water partition coefficient (Wildman–Crippen LogP) is 0.555. The van der Waals surface area contributed by atoms with Crippen molar-refractivity contribution >= 4 is 5.91 Å². The Morgan fingerprint density at radius 1 is 1.30 bits per heavy atom. The molecular weight excluding hydrogens is 254 g/mol. The molecule has 0 bridgehead atoms. The third-order valence-corrected chi connectivity index (χ3v) is 3.07. The summed E-state index contributed by atoms with van der Waals surface area (Å²) in [6.07, 6.45) is 3.46. The van der Waals surface area contributed by atoms with Gasteiger partial charge in [0, 0.05) is 19.5 Å². The van der Waals surface area contributed by atoms with Crippen LogP contribution in [0.2, 0.25) is 0 Å². The maximum Gasteiger partial charge on any atom is 0.224 e. The zero-order valence-electron chi connectivity index (χ0n) is 11.3. The molecule has 0 aliphatic carbocycles. The second-order valence-corrected chi connectivity index (χ2v) is 4.54. The summed E-state index contributed by atoms with van der Waals surface area (Å²) in [5.74, 6) is 0.858. The fourth-order valence-electron chi connectivity index (χ4n) is 2.00. The molecule has 0 radical (unpaired) electrons. The van der Waals surface area contributed by atoms with Gasteiger partial charge in [-0.25, -0.2) is 4.98 Å². The summed E-state index contributed by atoms with van der Waals surface area (Å²) in [4.78, 5) is 15.9. The van der Waals surface area contributed by atoms with Crippen LogP contribution in [0.4, 0.5) is 0 Å². The van der Waals surface area contributed by atoms with Crippen molar-refractivity contribution in [1.29, 1.82) is 0 Å². The van der Waals surface area contributed by atoms with E-state index in [4.69, 9.17) is 5.73 Å². The van der Waals surface area contributed by atoms with Gasteiger partial charge < -0.3 is 11.1 Å². The Kier molecular flexibility index (Phi) is 5.25. The van der Waals surface area contributed by atoms with Gasteiger partial charge >= 0.3 is 0 Å². The molecule has 106 valence electrons. The number of aromatic nitrogens is 3. The molecule has 1 aromatic carbocycles. The average molecular weight is 273 g/mol. The Bertz CT molecular complexity index is 538. The SMILES string of the molecule is NCc1ccccc1CC(=O)NCCCc1ncn[nH]1. The average Bonchev–Trinajstić information content (AvgIpc) is 2.97. The van der Waals surface area contributed by atoms with Crippen LogP contribution in [0.15, 0.2) is 30.6 Å². The maximum absolute atomic E-state index is 11.9. The fourth-order valence-corrected chi connectivity index (χ4v) is 2.00. The van der Waals surface area contributed by atoms with Gasteiger partial charge in [-0.1, -0.05) is 24.3 Å². The van der Waals surface area contributed by atoms with Crippen LogP contribution >= 0.6 is 0 Å². The molecule has 0 unspecified atom stereocenters. The number of carbonyl (C=O) groups is 1. The zero-order chi connectivity index (χ0) is 14.2. The number of H-pyrrole nitrogens is 1. The Balaban J connectivity index is 1.72. The summed E-state index contributed by atoms with van der Waals surface area (Å²) in [7, 11) is 0. The second-order valence-electron chi connectivity index (χ2n) is 4.54. The molecule has 2 aromatic rings. The van der Waals surface area contributed by atoms with Crippen LogP contribution in [0.1, 0.15) is 23.4 Å². The highest BCUT2D eigenvalue weighted by Crippen LogP contribution is 2.08. The molecule has 2 rings (SSSR count). The number of rotatable bonds is 7. The number of amides is 1. The first-order chi connectivity index (χ1) is 9.79. The van der Waals surface area contributed by atoms with Crippen molar-refractivity contribution < 1.29 is 4.79 Å². The van der Waals surface area contributed by atoms with Crippen LogP contribution in [0, 0.1) is 0 Å². The van der Waals surface area contributed by atoms with Crippen molar-refractivity contribution in [2.45, 2.75) is 25.8 Å². The molecule has 1 amide bonds. The molecule has 0 fully saturated rings. The lowest BCUT2D eigenvalue weighted by molar-refractivity contribution is -0.120. The molecular formula is C14H19N5O. The molecule has 6 heteroatoms. The molecule has 0 atom stereocenters. The van der Waals surface area contributed by atoms with Crippen molar-refractivity contribution in [3.8, 4) is 0 Å². The zero-order valence-corrected chi connectivity index (χ0v) is 11.3. The Morgan fingerprint density at radius 3 is 2.80 bits per heavy atom. The highest BCUT2D eigenvalue weighted by Gasteiger charge is 2.06. The van der Waals surface area contributed by atoms with Crippen molar-refractivity contribution in [3.63, 3.8) is 0 Å². The van der Waals surface area contributed by atoms with E-state index < -0.39 is 0 Å². The lowest BCUT2D eigenvalue weighted by Crippen LogP contribution is -2.27.